The minimum absolute atomic E-state index is 0.320. The van der Waals surface area contributed by atoms with E-state index in [9.17, 15) is 0 Å². The van der Waals surface area contributed by atoms with Gasteiger partial charge >= 0.3 is 0 Å². The summed E-state index contributed by atoms with van der Waals surface area (Å²) in [6, 6.07) is 52.4. The summed E-state index contributed by atoms with van der Waals surface area (Å²) >= 11 is 0. The molecule has 0 fully saturated rings. The molecule has 3 aromatic heterocycles. The Morgan fingerprint density at radius 3 is 0.920 bits per heavy atom. The van der Waals surface area contributed by atoms with Gasteiger partial charge in [-0.15, -0.1) is 0 Å². The fourth-order valence-corrected chi connectivity index (χ4v) is 7.73. The summed E-state index contributed by atoms with van der Waals surface area (Å²) in [6.07, 6.45) is 3.93. The highest BCUT2D eigenvalue weighted by atomic mass is 15.0. The molecular weight excluding hydrogens is 609 g/mol. The Morgan fingerprint density at radius 2 is 0.640 bits per heavy atom. The van der Waals surface area contributed by atoms with Crippen molar-refractivity contribution < 1.29 is 0 Å². The first-order valence-electron chi connectivity index (χ1n) is 17.3. The van der Waals surface area contributed by atoms with Gasteiger partial charge in [0.1, 0.15) is 0 Å². The van der Waals surface area contributed by atoms with Crippen LogP contribution in [0.25, 0.3) is 55.0 Å². The molecule has 9 aromatic rings. The Kier molecular flexibility index (Phi) is 6.79. The quantitative estimate of drug-likeness (QED) is 0.180. The summed E-state index contributed by atoms with van der Waals surface area (Å²) in [5, 5.41) is 5.07. The third-order valence-corrected chi connectivity index (χ3v) is 10.8. The smallest absolute Gasteiger partial charge is 0.0686 e. The predicted octanol–water partition coefficient (Wildman–Crippen LogP) is 11.3. The topological polar surface area (TPSA) is 35.6 Å². The molecule has 9 rings (SSSR count). The Labute approximate surface area is 292 Å². The standard InChI is InChI=1S/C46H38N4/c1-45(2,31-21-25-33(26-22-31)49-39-17-9-5-13-35(39)36-14-6-10-18-40(36)49)43-29-48-44(30-47-43)46(3,4)32-23-27-34(28-24-32)50-41-19-11-7-15-37(41)38-16-8-12-20-42(38)50/h5-30H,1-4H3. The normalized spacial score (nSPS) is 12.4. The van der Waals surface area contributed by atoms with Gasteiger partial charge in [0.05, 0.1) is 33.5 Å². The third-order valence-electron chi connectivity index (χ3n) is 10.8. The van der Waals surface area contributed by atoms with Crippen LogP contribution in [0.5, 0.6) is 0 Å². The molecule has 6 aromatic carbocycles. The van der Waals surface area contributed by atoms with Gasteiger partial charge in [-0.3, -0.25) is 9.97 Å². The van der Waals surface area contributed by atoms with Gasteiger partial charge in [0.2, 0.25) is 0 Å². The fraction of sp³-hybridized carbons (Fsp3) is 0.130. The van der Waals surface area contributed by atoms with Gasteiger partial charge in [0.15, 0.2) is 0 Å². The number of para-hydroxylation sites is 4. The van der Waals surface area contributed by atoms with Crippen LogP contribution in [0.4, 0.5) is 0 Å². The largest absolute Gasteiger partial charge is 0.309 e. The van der Waals surface area contributed by atoms with Gasteiger partial charge in [-0.25, -0.2) is 0 Å². The maximum Gasteiger partial charge on any atom is 0.0686 e. The van der Waals surface area contributed by atoms with Gasteiger partial charge in [0, 0.05) is 56.1 Å². The van der Waals surface area contributed by atoms with Crippen LogP contribution < -0.4 is 0 Å². The molecule has 0 N–H and O–H groups in total. The molecule has 0 aliphatic carbocycles. The first-order chi connectivity index (χ1) is 24.3. The summed E-state index contributed by atoms with van der Waals surface area (Å²) < 4.78 is 4.71. The van der Waals surface area contributed by atoms with Crippen LogP contribution in [0.15, 0.2) is 158 Å². The molecular formula is C46H38N4. The first-order valence-corrected chi connectivity index (χ1v) is 17.3. The van der Waals surface area contributed by atoms with Crippen molar-refractivity contribution in [2.45, 2.75) is 38.5 Å². The van der Waals surface area contributed by atoms with E-state index in [0.29, 0.717) is 0 Å². The molecule has 0 saturated heterocycles. The molecule has 0 bridgehead atoms. The lowest BCUT2D eigenvalue weighted by molar-refractivity contribution is 0.584. The molecule has 0 amide bonds. The summed E-state index contributed by atoms with van der Waals surface area (Å²) in [5.74, 6) is 0. The van der Waals surface area contributed by atoms with Crippen LogP contribution in [0.2, 0.25) is 0 Å². The molecule has 50 heavy (non-hydrogen) atoms. The van der Waals surface area contributed by atoms with E-state index in [1.54, 1.807) is 0 Å². The average Bonchev–Trinajstić information content (AvgIpc) is 3.68. The number of rotatable bonds is 6. The van der Waals surface area contributed by atoms with Gasteiger partial charge in [0.25, 0.3) is 0 Å². The number of benzene rings is 6. The lowest BCUT2D eigenvalue weighted by atomic mass is 9.80. The molecule has 4 nitrogen and oxygen atoms in total. The minimum Gasteiger partial charge on any atom is -0.309 e. The highest BCUT2D eigenvalue weighted by molar-refractivity contribution is 6.10. The highest BCUT2D eigenvalue weighted by Gasteiger charge is 2.29. The molecule has 0 unspecified atom stereocenters. The Balaban J connectivity index is 0.997. The lowest BCUT2D eigenvalue weighted by Crippen LogP contribution is -2.24. The van der Waals surface area contributed by atoms with E-state index >= 15 is 0 Å². The van der Waals surface area contributed by atoms with E-state index in [-0.39, 0.29) is 10.8 Å². The zero-order chi connectivity index (χ0) is 34.0. The summed E-state index contributed by atoms with van der Waals surface area (Å²) in [6.45, 7) is 8.91. The average molecular weight is 647 g/mol. The SMILES string of the molecule is CC(C)(c1ccc(-n2c3ccccc3c3ccccc32)cc1)c1cnc(C(C)(C)c2ccc(-n3c4ccccc4c4ccccc43)cc2)cn1. The van der Waals surface area contributed by atoms with Crippen molar-refractivity contribution in [3.8, 4) is 11.4 Å². The van der Waals surface area contributed by atoms with Crippen molar-refractivity contribution in [1.29, 1.82) is 0 Å². The number of aromatic nitrogens is 4. The molecule has 0 aliphatic heterocycles. The molecule has 0 spiro atoms. The molecule has 0 atom stereocenters. The van der Waals surface area contributed by atoms with Gasteiger partial charge in [-0.1, -0.05) is 125 Å². The van der Waals surface area contributed by atoms with E-state index in [1.165, 1.54) is 54.7 Å². The van der Waals surface area contributed by atoms with E-state index in [0.717, 1.165) is 22.8 Å². The predicted molar refractivity (Wildman–Crippen MR) is 208 cm³/mol. The maximum absolute atomic E-state index is 5.03. The second-order valence-electron chi connectivity index (χ2n) is 14.4. The maximum atomic E-state index is 5.03. The number of fused-ring (bicyclic) bond motifs is 6. The van der Waals surface area contributed by atoms with Gasteiger partial charge in [-0.2, -0.15) is 0 Å². The van der Waals surface area contributed by atoms with Gasteiger partial charge in [-0.05, 0) is 59.7 Å². The summed E-state index contributed by atoms with van der Waals surface area (Å²) in [7, 11) is 0. The van der Waals surface area contributed by atoms with Crippen LogP contribution in [0, 0.1) is 0 Å². The van der Waals surface area contributed by atoms with Crippen LogP contribution in [0.1, 0.15) is 50.2 Å². The van der Waals surface area contributed by atoms with E-state index in [2.05, 4.69) is 182 Å². The van der Waals surface area contributed by atoms with E-state index in [1.807, 2.05) is 12.4 Å². The van der Waals surface area contributed by atoms with Crippen molar-refractivity contribution in [2.24, 2.45) is 0 Å². The van der Waals surface area contributed by atoms with Crippen LogP contribution in [-0.4, -0.2) is 19.1 Å². The van der Waals surface area contributed by atoms with Crippen molar-refractivity contribution in [1.82, 2.24) is 19.1 Å². The number of hydrogen-bond acceptors (Lipinski definition) is 2. The van der Waals surface area contributed by atoms with Crippen LogP contribution in [0.3, 0.4) is 0 Å². The molecule has 0 aliphatic rings. The summed E-state index contributed by atoms with van der Waals surface area (Å²) in [4.78, 5) is 10.1. The molecule has 0 saturated carbocycles. The van der Waals surface area contributed by atoms with Crippen molar-refractivity contribution >= 4 is 43.6 Å². The zero-order valence-corrected chi connectivity index (χ0v) is 28.8. The van der Waals surface area contributed by atoms with Crippen molar-refractivity contribution in [3.05, 3.63) is 181 Å². The molecule has 4 heteroatoms. The summed E-state index contributed by atoms with van der Waals surface area (Å²) in [5.41, 5.74) is 10.8. The first kappa shape index (κ1) is 30.1. The van der Waals surface area contributed by atoms with E-state index < -0.39 is 0 Å². The number of nitrogens with zero attached hydrogens (tertiary/aromatic N) is 4. The molecule has 3 heterocycles. The Morgan fingerprint density at radius 1 is 0.360 bits per heavy atom. The van der Waals surface area contributed by atoms with Gasteiger partial charge < -0.3 is 9.13 Å². The van der Waals surface area contributed by atoms with Crippen LogP contribution >= 0.6 is 0 Å². The minimum atomic E-state index is -0.320. The fourth-order valence-electron chi connectivity index (χ4n) is 7.73. The molecule has 0 radical (unpaired) electrons. The Hall–Kier alpha value is -6.00. The third kappa shape index (κ3) is 4.59. The van der Waals surface area contributed by atoms with Crippen LogP contribution in [-0.2, 0) is 10.8 Å². The van der Waals surface area contributed by atoms with Crippen molar-refractivity contribution in [2.75, 3.05) is 0 Å². The molecule has 242 valence electrons. The number of hydrogen-bond donors (Lipinski definition) is 0. The lowest BCUT2D eigenvalue weighted by Gasteiger charge is -2.28. The van der Waals surface area contributed by atoms with Crippen molar-refractivity contribution in [3.63, 3.8) is 0 Å². The second kappa shape index (κ2) is 11.3. The Bertz CT molecular complexity index is 2380. The second-order valence-corrected chi connectivity index (χ2v) is 14.4. The van der Waals surface area contributed by atoms with E-state index in [4.69, 9.17) is 9.97 Å². The monoisotopic (exact) mass is 646 g/mol. The highest BCUT2D eigenvalue weighted by Crippen LogP contribution is 2.37. The zero-order valence-electron chi connectivity index (χ0n) is 28.8.